The fraction of sp³-hybridized carbons (Fsp3) is 0.500. The molecule has 1 saturated heterocycles. The summed E-state index contributed by atoms with van der Waals surface area (Å²) in [4.78, 5) is 0. The van der Waals surface area contributed by atoms with Crippen LogP contribution in [-0.4, -0.2) is 30.3 Å². The first-order valence-corrected chi connectivity index (χ1v) is 7.75. The lowest BCUT2D eigenvalue weighted by atomic mass is 10.0. The van der Waals surface area contributed by atoms with Gasteiger partial charge in [-0.15, -0.1) is 0 Å². The van der Waals surface area contributed by atoms with Crippen molar-refractivity contribution in [1.29, 1.82) is 0 Å². The molecule has 0 saturated carbocycles. The normalized spacial score (nSPS) is 21.8. The number of ether oxygens (including phenoxy) is 1. The van der Waals surface area contributed by atoms with Crippen LogP contribution in [0.25, 0.3) is 0 Å². The fourth-order valence-electron chi connectivity index (χ4n) is 1.98. The SMILES string of the molecule is NNC(Cc1cccc(F)c1Br)C1CSCCO1. The molecule has 0 amide bonds. The van der Waals surface area contributed by atoms with Crippen LogP contribution in [0.1, 0.15) is 5.56 Å². The molecule has 0 spiro atoms. The van der Waals surface area contributed by atoms with Gasteiger partial charge in [-0.1, -0.05) is 12.1 Å². The molecule has 0 aromatic heterocycles. The number of thioether (sulfide) groups is 1. The van der Waals surface area contributed by atoms with Crippen molar-refractivity contribution in [2.75, 3.05) is 18.1 Å². The van der Waals surface area contributed by atoms with E-state index in [2.05, 4.69) is 21.4 Å². The Hall–Kier alpha value is -0.140. The van der Waals surface area contributed by atoms with Crippen molar-refractivity contribution in [3.8, 4) is 0 Å². The highest BCUT2D eigenvalue weighted by Crippen LogP contribution is 2.24. The Kier molecular flexibility index (Phi) is 5.44. The van der Waals surface area contributed by atoms with Crippen LogP contribution in [0, 0.1) is 5.82 Å². The van der Waals surface area contributed by atoms with Crippen LogP contribution in [0.15, 0.2) is 22.7 Å². The average molecular weight is 335 g/mol. The third-order valence-corrected chi connectivity index (χ3v) is 4.88. The van der Waals surface area contributed by atoms with Crippen LogP contribution in [0.2, 0.25) is 0 Å². The van der Waals surface area contributed by atoms with Gasteiger partial charge in [-0.2, -0.15) is 11.8 Å². The third kappa shape index (κ3) is 3.45. The van der Waals surface area contributed by atoms with E-state index in [1.54, 1.807) is 6.07 Å². The standard InChI is InChI=1S/C12H16BrFN2OS/c13-12-8(2-1-3-9(12)14)6-10(16-15)11-7-18-5-4-17-11/h1-3,10-11,16H,4-7,15H2. The zero-order valence-electron chi connectivity index (χ0n) is 9.86. The summed E-state index contributed by atoms with van der Waals surface area (Å²) in [5, 5.41) is 0. The number of hydrogen-bond donors (Lipinski definition) is 2. The third-order valence-electron chi connectivity index (χ3n) is 2.98. The molecule has 3 N–H and O–H groups in total. The average Bonchev–Trinajstić information content (AvgIpc) is 2.41. The minimum Gasteiger partial charge on any atom is -0.375 e. The number of hydrazine groups is 1. The summed E-state index contributed by atoms with van der Waals surface area (Å²) in [6.45, 7) is 0.748. The topological polar surface area (TPSA) is 47.3 Å². The number of benzene rings is 1. The van der Waals surface area contributed by atoms with Crippen LogP contribution in [0.3, 0.4) is 0 Å². The lowest BCUT2D eigenvalue weighted by molar-refractivity contribution is 0.0471. The molecule has 100 valence electrons. The smallest absolute Gasteiger partial charge is 0.137 e. The molecular formula is C12H16BrFN2OS. The highest BCUT2D eigenvalue weighted by molar-refractivity contribution is 9.10. The van der Waals surface area contributed by atoms with Gasteiger partial charge in [0.25, 0.3) is 0 Å². The minimum atomic E-state index is -0.248. The van der Waals surface area contributed by atoms with Gasteiger partial charge in [0.1, 0.15) is 5.82 Å². The number of halogens is 2. The molecule has 0 radical (unpaired) electrons. The molecule has 2 unspecified atom stereocenters. The van der Waals surface area contributed by atoms with Crippen molar-refractivity contribution in [2.24, 2.45) is 5.84 Å². The molecule has 1 aliphatic rings. The van der Waals surface area contributed by atoms with E-state index in [-0.39, 0.29) is 18.0 Å². The van der Waals surface area contributed by atoms with Gasteiger partial charge in [-0.05, 0) is 34.0 Å². The lowest BCUT2D eigenvalue weighted by Crippen LogP contribution is -2.49. The fourth-order valence-corrected chi connectivity index (χ4v) is 3.35. The Balaban J connectivity index is 2.07. The summed E-state index contributed by atoms with van der Waals surface area (Å²) in [6.07, 6.45) is 0.712. The highest BCUT2D eigenvalue weighted by Gasteiger charge is 2.25. The molecule has 1 aromatic rings. The molecule has 1 heterocycles. The quantitative estimate of drug-likeness (QED) is 0.653. The molecule has 6 heteroatoms. The molecular weight excluding hydrogens is 319 g/mol. The second kappa shape index (κ2) is 6.86. The Morgan fingerprint density at radius 2 is 2.44 bits per heavy atom. The van der Waals surface area contributed by atoms with E-state index in [4.69, 9.17) is 10.6 Å². The first-order chi connectivity index (χ1) is 8.72. The van der Waals surface area contributed by atoms with E-state index in [1.807, 2.05) is 17.8 Å². The predicted molar refractivity (Wildman–Crippen MR) is 76.0 cm³/mol. The van der Waals surface area contributed by atoms with Crippen molar-refractivity contribution in [2.45, 2.75) is 18.6 Å². The Bertz CT molecular complexity index is 402. The van der Waals surface area contributed by atoms with E-state index in [0.29, 0.717) is 10.9 Å². The van der Waals surface area contributed by atoms with Gasteiger partial charge in [0.15, 0.2) is 0 Å². The van der Waals surface area contributed by atoms with Gasteiger partial charge >= 0.3 is 0 Å². The van der Waals surface area contributed by atoms with E-state index in [1.165, 1.54) is 6.07 Å². The molecule has 2 rings (SSSR count). The van der Waals surface area contributed by atoms with Crippen LogP contribution in [0.4, 0.5) is 4.39 Å². The van der Waals surface area contributed by atoms with Gasteiger partial charge < -0.3 is 4.74 Å². The summed E-state index contributed by atoms with van der Waals surface area (Å²) < 4.78 is 19.7. The monoisotopic (exact) mass is 334 g/mol. The van der Waals surface area contributed by atoms with Crippen molar-refractivity contribution in [1.82, 2.24) is 5.43 Å². The van der Waals surface area contributed by atoms with Crippen molar-refractivity contribution >= 4 is 27.7 Å². The Morgan fingerprint density at radius 3 is 3.11 bits per heavy atom. The Labute approximate surface area is 119 Å². The summed E-state index contributed by atoms with van der Waals surface area (Å²) in [6, 6.07) is 5.04. The van der Waals surface area contributed by atoms with Gasteiger partial charge in [0.05, 0.1) is 23.2 Å². The van der Waals surface area contributed by atoms with E-state index in [9.17, 15) is 4.39 Å². The maximum Gasteiger partial charge on any atom is 0.137 e. The van der Waals surface area contributed by atoms with Crippen molar-refractivity contribution in [3.63, 3.8) is 0 Å². The van der Waals surface area contributed by atoms with Gasteiger partial charge in [0.2, 0.25) is 0 Å². The molecule has 2 atom stereocenters. The molecule has 0 aliphatic carbocycles. The van der Waals surface area contributed by atoms with E-state index >= 15 is 0 Å². The second-order valence-electron chi connectivity index (χ2n) is 4.17. The predicted octanol–water partition coefficient (Wildman–Crippen LogP) is 2.09. The second-order valence-corrected chi connectivity index (χ2v) is 6.12. The first kappa shape index (κ1) is 14.3. The maximum absolute atomic E-state index is 13.4. The summed E-state index contributed by atoms with van der Waals surface area (Å²) in [7, 11) is 0. The molecule has 1 aliphatic heterocycles. The summed E-state index contributed by atoms with van der Waals surface area (Å²) in [5.41, 5.74) is 3.69. The van der Waals surface area contributed by atoms with Crippen molar-refractivity contribution < 1.29 is 9.13 Å². The molecule has 1 fully saturated rings. The van der Waals surface area contributed by atoms with E-state index < -0.39 is 0 Å². The first-order valence-electron chi connectivity index (χ1n) is 5.80. The number of nitrogens with one attached hydrogen (secondary N) is 1. The molecule has 0 bridgehead atoms. The highest BCUT2D eigenvalue weighted by atomic mass is 79.9. The van der Waals surface area contributed by atoms with E-state index in [0.717, 1.165) is 23.7 Å². The van der Waals surface area contributed by atoms with Crippen LogP contribution in [0.5, 0.6) is 0 Å². The maximum atomic E-state index is 13.4. The number of nitrogens with two attached hydrogens (primary N) is 1. The van der Waals surface area contributed by atoms with Crippen molar-refractivity contribution in [3.05, 3.63) is 34.1 Å². The van der Waals surface area contributed by atoms with Crippen LogP contribution < -0.4 is 11.3 Å². The van der Waals surface area contributed by atoms with Gasteiger partial charge in [-0.3, -0.25) is 11.3 Å². The van der Waals surface area contributed by atoms with Crippen LogP contribution in [-0.2, 0) is 11.2 Å². The zero-order chi connectivity index (χ0) is 13.0. The Morgan fingerprint density at radius 1 is 1.61 bits per heavy atom. The molecule has 1 aromatic carbocycles. The summed E-state index contributed by atoms with van der Waals surface area (Å²) >= 11 is 5.13. The number of hydrogen-bond acceptors (Lipinski definition) is 4. The summed E-state index contributed by atoms with van der Waals surface area (Å²) in [5.74, 6) is 7.29. The minimum absolute atomic E-state index is 0.00380. The van der Waals surface area contributed by atoms with Crippen LogP contribution >= 0.6 is 27.7 Å². The van der Waals surface area contributed by atoms with Gasteiger partial charge in [0, 0.05) is 11.5 Å². The largest absolute Gasteiger partial charge is 0.375 e. The lowest BCUT2D eigenvalue weighted by Gasteiger charge is -2.30. The van der Waals surface area contributed by atoms with Gasteiger partial charge in [-0.25, -0.2) is 4.39 Å². The number of rotatable bonds is 4. The molecule has 3 nitrogen and oxygen atoms in total. The molecule has 18 heavy (non-hydrogen) atoms. The zero-order valence-corrected chi connectivity index (χ0v) is 12.3.